The van der Waals surface area contributed by atoms with Crippen LogP contribution in [0.5, 0.6) is 11.7 Å². The van der Waals surface area contributed by atoms with Crippen molar-refractivity contribution in [2.45, 2.75) is 0 Å². The Morgan fingerprint density at radius 3 is 2.52 bits per heavy atom. The van der Waals surface area contributed by atoms with Crippen molar-refractivity contribution in [3.63, 3.8) is 0 Å². The smallest absolute Gasteiger partial charge is 0.345 e. The Hall–Kier alpha value is -2.60. The van der Waals surface area contributed by atoms with Crippen LogP contribution in [0.3, 0.4) is 0 Å². The van der Waals surface area contributed by atoms with Crippen molar-refractivity contribution in [2.24, 2.45) is 0 Å². The van der Waals surface area contributed by atoms with Crippen molar-refractivity contribution in [1.29, 1.82) is 0 Å². The average molecular weight is 304 g/mol. The lowest BCUT2D eigenvalue weighted by Gasteiger charge is -2.01. The SMILES string of the molecule is O=C(O)c1ccc(-c2ccc(Oc3ccc(F)cc3)o2)s1. The molecule has 3 rings (SSSR count). The van der Waals surface area contributed by atoms with Gasteiger partial charge in [0.25, 0.3) is 5.95 Å². The highest BCUT2D eigenvalue weighted by Gasteiger charge is 2.12. The van der Waals surface area contributed by atoms with Gasteiger partial charge in [0, 0.05) is 6.07 Å². The fourth-order valence-electron chi connectivity index (χ4n) is 1.71. The van der Waals surface area contributed by atoms with Crippen LogP contribution in [0.2, 0.25) is 0 Å². The summed E-state index contributed by atoms with van der Waals surface area (Å²) in [5.41, 5.74) is 0. The molecule has 106 valence electrons. The van der Waals surface area contributed by atoms with Crippen molar-refractivity contribution < 1.29 is 23.4 Å². The first kappa shape index (κ1) is 13.4. The number of carbonyl (C=O) groups is 1. The van der Waals surface area contributed by atoms with Gasteiger partial charge in [-0.25, -0.2) is 9.18 Å². The van der Waals surface area contributed by atoms with Gasteiger partial charge in [0.15, 0.2) is 0 Å². The monoisotopic (exact) mass is 304 g/mol. The summed E-state index contributed by atoms with van der Waals surface area (Å²) in [6.45, 7) is 0. The Kier molecular flexibility index (Phi) is 3.45. The molecule has 1 N–H and O–H groups in total. The highest BCUT2D eigenvalue weighted by atomic mass is 32.1. The van der Waals surface area contributed by atoms with Gasteiger partial charge in [-0.3, -0.25) is 0 Å². The molecule has 0 saturated carbocycles. The Bertz CT molecular complexity index is 773. The van der Waals surface area contributed by atoms with E-state index >= 15 is 0 Å². The lowest BCUT2D eigenvalue weighted by Crippen LogP contribution is -1.89. The zero-order valence-electron chi connectivity index (χ0n) is 10.6. The minimum absolute atomic E-state index is 0.238. The maximum atomic E-state index is 12.8. The van der Waals surface area contributed by atoms with Crippen LogP contribution in [0, 0.1) is 5.82 Å². The van der Waals surface area contributed by atoms with Crippen LogP contribution in [-0.4, -0.2) is 11.1 Å². The van der Waals surface area contributed by atoms with E-state index in [1.807, 2.05) is 0 Å². The van der Waals surface area contributed by atoms with Gasteiger partial charge in [0.2, 0.25) is 0 Å². The van der Waals surface area contributed by atoms with Crippen molar-refractivity contribution in [1.82, 2.24) is 0 Å². The molecule has 0 amide bonds. The fourth-order valence-corrected chi connectivity index (χ4v) is 2.52. The number of furan rings is 1. The largest absolute Gasteiger partial charge is 0.477 e. The summed E-state index contributed by atoms with van der Waals surface area (Å²) >= 11 is 1.12. The summed E-state index contributed by atoms with van der Waals surface area (Å²) in [6, 6.07) is 12.1. The highest BCUT2D eigenvalue weighted by molar-refractivity contribution is 7.17. The van der Waals surface area contributed by atoms with Gasteiger partial charge in [-0.2, -0.15) is 0 Å². The highest BCUT2D eigenvalue weighted by Crippen LogP contribution is 2.33. The lowest BCUT2D eigenvalue weighted by atomic mass is 10.3. The lowest BCUT2D eigenvalue weighted by molar-refractivity contribution is 0.0702. The van der Waals surface area contributed by atoms with E-state index in [0.29, 0.717) is 16.4 Å². The van der Waals surface area contributed by atoms with Crippen molar-refractivity contribution in [3.05, 3.63) is 59.2 Å². The standard InChI is InChI=1S/C15H9FO4S/c16-9-1-3-10(4-2-9)19-14-8-5-11(20-14)12-6-7-13(21-12)15(17)18/h1-8H,(H,17,18). The summed E-state index contributed by atoms with van der Waals surface area (Å²) in [7, 11) is 0. The normalized spacial score (nSPS) is 10.5. The van der Waals surface area contributed by atoms with Crippen LogP contribution >= 0.6 is 11.3 Å². The maximum Gasteiger partial charge on any atom is 0.345 e. The van der Waals surface area contributed by atoms with Gasteiger partial charge in [-0.15, -0.1) is 11.3 Å². The summed E-state index contributed by atoms with van der Waals surface area (Å²) in [4.78, 5) is 11.8. The molecule has 21 heavy (non-hydrogen) atoms. The Morgan fingerprint density at radius 1 is 1.10 bits per heavy atom. The topological polar surface area (TPSA) is 59.7 Å². The van der Waals surface area contributed by atoms with Crippen molar-refractivity contribution in [3.8, 4) is 22.3 Å². The number of benzene rings is 1. The third kappa shape index (κ3) is 2.95. The summed E-state index contributed by atoms with van der Waals surface area (Å²) in [5, 5.41) is 8.89. The van der Waals surface area contributed by atoms with Crippen LogP contribution < -0.4 is 4.74 Å². The van der Waals surface area contributed by atoms with E-state index < -0.39 is 5.97 Å². The number of ether oxygens (including phenoxy) is 1. The Morgan fingerprint density at radius 2 is 1.86 bits per heavy atom. The number of hydrogen-bond acceptors (Lipinski definition) is 4. The minimum atomic E-state index is -0.972. The first-order valence-corrected chi connectivity index (χ1v) is 6.80. The van der Waals surface area contributed by atoms with Gasteiger partial charge in [-0.1, -0.05) is 0 Å². The predicted molar refractivity (Wildman–Crippen MR) is 75.5 cm³/mol. The molecule has 0 spiro atoms. The van der Waals surface area contributed by atoms with Gasteiger partial charge in [-0.05, 0) is 42.5 Å². The molecule has 0 aliphatic carbocycles. The van der Waals surface area contributed by atoms with Crippen LogP contribution in [0.4, 0.5) is 4.39 Å². The fraction of sp³-hybridized carbons (Fsp3) is 0. The third-order valence-electron chi connectivity index (χ3n) is 2.67. The molecule has 0 fully saturated rings. The van der Waals surface area contributed by atoms with Gasteiger partial charge in [0.1, 0.15) is 22.2 Å². The summed E-state index contributed by atoms with van der Waals surface area (Å²) in [5.74, 6) is -0.0935. The summed E-state index contributed by atoms with van der Waals surface area (Å²) < 4.78 is 23.7. The number of rotatable bonds is 4. The number of hydrogen-bond donors (Lipinski definition) is 1. The second-order valence-corrected chi connectivity index (χ2v) is 5.23. The number of halogens is 1. The van der Waals surface area contributed by atoms with Gasteiger partial charge in [0.05, 0.1) is 4.88 Å². The molecule has 2 aromatic heterocycles. The molecular formula is C15H9FO4S. The van der Waals surface area contributed by atoms with E-state index in [9.17, 15) is 9.18 Å². The second-order valence-electron chi connectivity index (χ2n) is 4.14. The molecule has 0 aliphatic rings. The quantitative estimate of drug-likeness (QED) is 0.763. The zero-order valence-corrected chi connectivity index (χ0v) is 11.4. The second kappa shape index (κ2) is 5.41. The summed E-state index contributed by atoms with van der Waals surface area (Å²) in [6.07, 6.45) is 0. The molecule has 1 aromatic carbocycles. The number of thiophene rings is 1. The first-order chi connectivity index (χ1) is 10.1. The molecule has 3 aromatic rings. The average Bonchev–Trinajstić information content (AvgIpc) is 3.10. The number of carboxylic acids is 1. The van der Waals surface area contributed by atoms with Crippen molar-refractivity contribution >= 4 is 17.3 Å². The maximum absolute atomic E-state index is 12.8. The van der Waals surface area contributed by atoms with Crippen LogP contribution in [-0.2, 0) is 0 Å². The third-order valence-corrected chi connectivity index (χ3v) is 3.76. The minimum Gasteiger partial charge on any atom is -0.477 e. The Balaban J connectivity index is 1.79. The molecular weight excluding hydrogens is 295 g/mol. The molecule has 0 radical (unpaired) electrons. The molecule has 4 nitrogen and oxygen atoms in total. The van der Waals surface area contributed by atoms with E-state index in [4.69, 9.17) is 14.3 Å². The zero-order chi connectivity index (χ0) is 14.8. The van der Waals surface area contributed by atoms with Crippen LogP contribution in [0.1, 0.15) is 9.67 Å². The van der Waals surface area contributed by atoms with E-state index in [0.717, 1.165) is 11.3 Å². The van der Waals surface area contributed by atoms with E-state index in [1.54, 1.807) is 18.2 Å². The number of aromatic carboxylic acids is 1. The van der Waals surface area contributed by atoms with Crippen molar-refractivity contribution in [2.75, 3.05) is 0 Å². The first-order valence-electron chi connectivity index (χ1n) is 5.98. The van der Waals surface area contributed by atoms with E-state index in [2.05, 4.69) is 0 Å². The predicted octanol–water partition coefficient (Wildman–Crippen LogP) is 4.64. The van der Waals surface area contributed by atoms with Gasteiger partial charge < -0.3 is 14.3 Å². The molecule has 0 saturated heterocycles. The molecule has 0 aliphatic heterocycles. The Labute approximate surface area is 123 Å². The van der Waals surface area contributed by atoms with E-state index in [-0.39, 0.29) is 16.6 Å². The van der Waals surface area contributed by atoms with Crippen LogP contribution in [0.15, 0.2) is 52.9 Å². The van der Waals surface area contributed by atoms with Gasteiger partial charge >= 0.3 is 5.97 Å². The molecule has 6 heteroatoms. The molecule has 0 unspecified atom stereocenters. The molecule has 2 heterocycles. The molecule has 0 bridgehead atoms. The number of carboxylic acid groups (broad SMARTS) is 1. The van der Waals surface area contributed by atoms with E-state index in [1.165, 1.54) is 30.3 Å². The molecule has 0 atom stereocenters. The van der Waals surface area contributed by atoms with Crippen LogP contribution in [0.25, 0.3) is 10.6 Å².